The van der Waals surface area contributed by atoms with Gasteiger partial charge in [-0.05, 0) is 47.8 Å². The first-order valence-corrected chi connectivity index (χ1v) is 9.70. The highest BCUT2D eigenvalue weighted by Crippen LogP contribution is 2.26. The van der Waals surface area contributed by atoms with Crippen molar-refractivity contribution in [3.8, 4) is 11.5 Å². The van der Waals surface area contributed by atoms with E-state index in [1.54, 1.807) is 49.8 Å². The van der Waals surface area contributed by atoms with Gasteiger partial charge in [0.1, 0.15) is 17.1 Å². The Labute approximate surface area is 170 Å². The molecule has 0 aliphatic heterocycles. The number of rotatable bonds is 6. The van der Waals surface area contributed by atoms with Crippen LogP contribution in [-0.2, 0) is 11.2 Å². The van der Waals surface area contributed by atoms with Crippen LogP contribution in [-0.4, -0.2) is 19.0 Å². The van der Waals surface area contributed by atoms with Crippen molar-refractivity contribution >= 4 is 39.9 Å². The molecule has 7 heteroatoms. The summed E-state index contributed by atoms with van der Waals surface area (Å²) >= 11 is 1.37. The molecule has 146 valence electrons. The number of thiophene rings is 1. The van der Waals surface area contributed by atoms with Gasteiger partial charge in [0.05, 0.1) is 24.7 Å². The molecule has 1 amide bonds. The summed E-state index contributed by atoms with van der Waals surface area (Å²) in [6.45, 7) is 0. The molecule has 2 heterocycles. The number of nitrogens with one attached hydrogen (secondary N) is 1. The zero-order valence-electron chi connectivity index (χ0n) is 15.5. The zero-order chi connectivity index (χ0) is 20.2. The van der Waals surface area contributed by atoms with Crippen molar-refractivity contribution in [2.75, 3.05) is 12.4 Å². The molecule has 29 heavy (non-hydrogen) atoms. The van der Waals surface area contributed by atoms with E-state index in [4.69, 9.17) is 13.9 Å². The van der Waals surface area contributed by atoms with E-state index in [2.05, 4.69) is 5.32 Å². The molecule has 0 radical (unpaired) electrons. The van der Waals surface area contributed by atoms with Crippen molar-refractivity contribution in [1.82, 2.24) is 0 Å². The van der Waals surface area contributed by atoms with E-state index < -0.39 is 5.97 Å². The highest BCUT2D eigenvalue weighted by Gasteiger charge is 2.13. The first kappa shape index (κ1) is 18.8. The molecule has 0 unspecified atom stereocenters. The summed E-state index contributed by atoms with van der Waals surface area (Å²) < 4.78 is 16.1. The largest absolute Gasteiger partial charge is 0.497 e. The standard InChI is InChI=1S/C22H17NO5S/c1-26-17-8-9-18-14(13-27-19(18)12-17)11-21(24)28-16-6-4-15(5-7-16)23-22(25)20-3-2-10-29-20/h2-10,12-13H,11H2,1H3,(H,23,25). The van der Waals surface area contributed by atoms with Gasteiger partial charge in [-0.25, -0.2) is 0 Å². The third-order valence-corrected chi connectivity index (χ3v) is 5.16. The summed E-state index contributed by atoms with van der Waals surface area (Å²) in [5, 5.41) is 5.49. The molecule has 6 nitrogen and oxygen atoms in total. The number of carbonyl (C=O) groups excluding carboxylic acids is 2. The Morgan fingerprint density at radius 1 is 1.07 bits per heavy atom. The van der Waals surface area contributed by atoms with Gasteiger partial charge < -0.3 is 19.2 Å². The predicted molar refractivity (Wildman–Crippen MR) is 111 cm³/mol. The predicted octanol–water partition coefficient (Wildman–Crippen LogP) is 4.90. The minimum Gasteiger partial charge on any atom is -0.497 e. The highest BCUT2D eigenvalue weighted by molar-refractivity contribution is 7.12. The average Bonchev–Trinajstić information content (AvgIpc) is 3.39. The molecule has 0 aliphatic rings. The molecule has 1 N–H and O–H groups in total. The van der Waals surface area contributed by atoms with Crippen molar-refractivity contribution in [2.24, 2.45) is 0 Å². The van der Waals surface area contributed by atoms with Gasteiger partial charge in [-0.3, -0.25) is 9.59 Å². The summed E-state index contributed by atoms with van der Waals surface area (Å²) in [6, 6.07) is 15.7. The summed E-state index contributed by atoms with van der Waals surface area (Å²) in [7, 11) is 1.58. The lowest BCUT2D eigenvalue weighted by Crippen LogP contribution is -2.12. The maximum atomic E-state index is 12.3. The SMILES string of the molecule is COc1ccc2c(CC(=O)Oc3ccc(NC(=O)c4cccs4)cc3)coc2c1. The average molecular weight is 407 g/mol. The number of ether oxygens (including phenoxy) is 2. The first-order chi connectivity index (χ1) is 14.1. The van der Waals surface area contributed by atoms with Gasteiger partial charge in [-0.2, -0.15) is 0 Å². The molecule has 0 fully saturated rings. The molecule has 0 atom stereocenters. The van der Waals surface area contributed by atoms with E-state index in [0.29, 0.717) is 27.6 Å². The molecule has 2 aromatic carbocycles. The van der Waals surface area contributed by atoms with Crippen LogP contribution in [0.2, 0.25) is 0 Å². The lowest BCUT2D eigenvalue weighted by atomic mass is 10.1. The van der Waals surface area contributed by atoms with Gasteiger partial charge >= 0.3 is 5.97 Å². The topological polar surface area (TPSA) is 77.8 Å². The molecule has 4 aromatic rings. The molecular weight excluding hydrogens is 390 g/mol. The van der Waals surface area contributed by atoms with Gasteiger partial charge in [-0.1, -0.05) is 6.07 Å². The Kier molecular flexibility index (Phi) is 5.31. The third-order valence-electron chi connectivity index (χ3n) is 4.29. The van der Waals surface area contributed by atoms with Crippen LogP contribution in [0, 0.1) is 0 Å². The molecular formula is C22H17NO5S. The number of esters is 1. The molecule has 0 aliphatic carbocycles. The fraction of sp³-hybridized carbons (Fsp3) is 0.0909. The molecule has 0 spiro atoms. The van der Waals surface area contributed by atoms with Gasteiger partial charge in [0.2, 0.25) is 0 Å². The second kappa shape index (κ2) is 8.20. The van der Waals surface area contributed by atoms with Gasteiger partial charge in [0.15, 0.2) is 0 Å². The van der Waals surface area contributed by atoms with Crippen molar-refractivity contribution in [3.63, 3.8) is 0 Å². The molecule has 0 bridgehead atoms. The van der Waals surface area contributed by atoms with Crippen LogP contribution < -0.4 is 14.8 Å². The molecule has 2 aromatic heterocycles. The number of hydrogen-bond donors (Lipinski definition) is 1. The van der Waals surface area contributed by atoms with Crippen LogP contribution in [0.3, 0.4) is 0 Å². The van der Waals surface area contributed by atoms with E-state index in [1.807, 2.05) is 23.6 Å². The lowest BCUT2D eigenvalue weighted by Gasteiger charge is -2.06. The van der Waals surface area contributed by atoms with Crippen LogP contribution in [0.25, 0.3) is 11.0 Å². The number of carbonyl (C=O) groups is 2. The Morgan fingerprint density at radius 2 is 1.86 bits per heavy atom. The van der Waals surface area contributed by atoms with E-state index in [9.17, 15) is 9.59 Å². The quantitative estimate of drug-likeness (QED) is 0.363. The molecule has 0 saturated carbocycles. The number of methoxy groups -OCH3 is 1. The first-order valence-electron chi connectivity index (χ1n) is 8.82. The lowest BCUT2D eigenvalue weighted by molar-refractivity contribution is -0.133. The maximum absolute atomic E-state index is 12.3. The summed E-state index contributed by atoms with van der Waals surface area (Å²) in [4.78, 5) is 25.0. The van der Waals surface area contributed by atoms with Crippen LogP contribution in [0.1, 0.15) is 15.2 Å². The highest BCUT2D eigenvalue weighted by atomic mass is 32.1. The number of furan rings is 1. The Bertz CT molecular complexity index is 1150. The number of benzene rings is 2. The van der Waals surface area contributed by atoms with E-state index in [-0.39, 0.29) is 12.3 Å². The van der Waals surface area contributed by atoms with Gasteiger partial charge in [0, 0.05) is 22.7 Å². The number of fused-ring (bicyclic) bond motifs is 1. The number of hydrogen-bond acceptors (Lipinski definition) is 6. The minimum atomic E-state index is -0.404. The fourth-order valence-corrected chi connectivity index (χ4v) is 3.48. The van der Waals surface area contributed by atoms with Crippen molar-refractivity contribution in [1.29, 1.82) is 0 Å². The van der Waals surface area contributed by atoms with Crippen LogP contribution in [0.4, 0.5) is 5.69 Å². The molecule has 4 rings (SSSR count). The number of amides is 1. The van der Waals surface area contributed by atoms with E-state index >= 15 is 0 Å². The fourth-order valence-electron chi connectivity index (χ4n) is 2.86. The summed E-state index contributed by atoms with van der Waals surface area (Å²) in [5.41, 5.74) is 2.02. The van der Waals surface area contributed by atoms with Gasteiger partial charge in [-0.15, -0.1) is 11.3 Å². The normalized spacial score (nSPS) is 10.7. The maximum Gasteiger partial charge on any atom is 0.315 e. The Morgan fingerprint density at radius 3 is 2.59 bits per heavy atom. The Hall–Kier alpha value is -3.58. The zero-order valence-corrected chi connectivity index (χ0v) is 16.3. The third kappa shape index (κ3) is 4.30. The number of anilines is 1. The molecule has 0 saturated heterocycles. The van der Waals surface area contributed by atoms with Crippen LogP contribution >= 0.6 is 11.3 Å². The van der Waals surface area contributed by atoms with Gasteiger partial charge in [0.25, 0.3) is 5.91 Å². The second-order valence-corrected chi connectivity index (χ2v) is 7.18. The van der Waals surface area contributed by atoms with Crippen molar-refractivity contribution in [3.05, 3.63) is 76.7 Å². The van der Waals surface area contributed by atoms with Crippen molar-refractivity contribution < 1.29 is 23.5 Å². The summed E-state index contributed by atoms with van der Waals surface area (Å²) in [6.07, 6.45) is 1.63. The second-order valence-electron chi connectivity index (χ2n) is 6.23. The van der Waals surface area contributed by atoms with E-state index in [0.717, 1.165) is 10.9 Å². The summed E-state index contributed by atoms with van der Waals surface area (Å²) in [5.74, 6) is 0.512. The minimum absolute atomic E-state index is 0.0796. The van der Waals surface area contributed by atoms with Crippen LogP contribution in [0.5, 0.6) is 11.5 Å². The monoisotopic (exact) mass is 407 g/mol. The van der Waals surface area contributed by atoms with E-state index in [1.165, 1.54) is 11.3 Å². The van der Waals surface area contributed by atoms with Crippen LogP contribution in [0.15, 0.2) is 70.7 Å². The Balaban J connectivity index is 1.38. The smallest absolute Gasteiger partial charge is 0.315 e. The van der Waals surface area contributed by atoms with Crippen molar-refractivity contribution in [2.45, 2.75) is 6.42 Å².